The van der Waals surface area contributed by atoms with E-state index in [9.17, 15) is 4.79 Å². The maximum atomic E-state index is 12.7. The Morgan fingerprint density at radius 1 is 1.15 bits per heavy atom. The van der Waals surface area contributed by atoms with Gasteiger partial charge in [0.15, 0.2) is 0 Å². The van der Waals surface area contributed by atoms with Crippen LogP contribution in [0.15, 0.2) is 54.7 Å². The molecule has 0 spiro atoms. The van der Waals surface area contributed by atoms with Gasteiger partial charge in [0.05, 0.1) is 18.3 Å². The first-order valence-corrected chi connectivity index (χ1v) is 9.29. The van der Waals surface area contributed by atoms with Crippen molar-refractivity contribution < 1.29 is 9.53 Å². The van der Waals surface area contributed by atoms with Crippen molar-refractivity contribution in [2.24, 2.45) is 0 Å². The molecule has 5 heteroatoms. The fourth-order valence-corrected chi connectivity index (χ4v) is 3.49. The van der Waals surface area contributed by atoms with Crippen molar-refractivity contribution in [1.82, 2.24) is 9.88 Å². The van der Waals surface area contributed by atoms with E-state index in [2.05, 4.69) is 22.4 Å². The molecule has 1 aromatic heterocycles. The lowest BCUT2D eigenvalue weighted by atomic mass is 10.1. The highest BCUT2D eigenvalue weighted by Crippen LogP contribution is 2.27. The Morgan fingerprint density at radius 2 is 1.96 bits per heavy atom. The molecule has 138 valence electrons. The molecule has 1 aliphatic heterocycles. The van der Waals surface area contributed by atoms with Crippen molar-refractivity contribution in [2.45, 2.75) is 19.4 Å². The van der Waals surface area contributed by atoms with Gasteiger partial charge in [-0.2, -0.15) is 0 Å². The molecule has 0 saturated carbocycles. The van der Waals surface area contributed by atoms with Crippen molar-refractivity contribution in [1.29, 1.82) is 0 Å². The Labute approximate surface area is 159 Å². The van der Waals surface area contributed by atoms with Gasteiger partial charge in [-0.05, 0) is 48.7 Å². The second-order valence-corrected chi connectivity index (χ2v) is 6.80. The number of pyridine rings is 1. The van der Waals surface area contributed by atoms with Gasteiger partial charge in [-0.3, -0.25) is 9.78 Å². The summed E-state index contributed by atoms with van der Waals surface area (Å²) < 4.78 is 5.46. The number of nitrogens with zero attached hydrogens (tertiary/aromatic N) is 2. The van der Waals surface area contributed by atoms with Gasteiger partial charge in [-0.25, -0.2) is 0 Å². The Hall–Kier alpha value is -3.08. The van der Waals surface area contributed by atoms with Crippen molar-refractivity contribution in [2.75, 3.05) is 25.5 Å². The maximum Gasteiger partial charge on any atom is 0.253 e. The molecular formula is C22H23N3O2. The van der Waals surface area contributed by atoms with Gasteiger partial charge < -0.3 is 15.0 Å². The van der Waals surface area contributed by atoms with E-state index >= 15 is 0 Å². The van der Waals surface area contributed by atoms with Gasteiger partial charge in [0, 0.05) is 36.8 Å². The van der Waals surface area contributed by atoms with Crippen molar-refractivity contribution in [3.63, 3.8) is 0 Å². The van der Waals surface area contributed by atoms with Gasteiger partial charge in [0.25, 0.3) is 5.91 Å². The third-order valence-corrected chi connectivity index (χ3v) is 4.97. The van der Waals surface area contributed by atoms with Crippen LogP contribution in [0.1, 0.15) is 28.8 Å². The number of hydrogen-bond donors (Lipinski definition) is 1. The molecule has 0 bridgehead atoms. The number of fused-ring (bicyclic) bond motifs is 1. The van der Waals surface area contributed by atoms with Crippen LogP contribution in [0.25, 0.3) is 10.9 Å². The quantitative estimate of drug-likeness (QED) is 0.744. The third kappa shape index (κ3) is 3.72. The number of likely N-dealkylation sites (tertiary alicyclic amines) is 1. The van der Waals surface area contributed by atoms with Crippen LogP contribution in [0, 0.1) is 0 Å². The molecule has 5 nitrogen and oxygen atoms in total. The largest absolute Gasteiger partial charge is 0.495 e. The summed E-state index contributed by atoms with van der Waals surface area (Å²) in [6.45, 7) is 2.29. The number of rotatable bonds is 5. The molecule has 2 heterocycles. The second kappa shape index (κ2) is 7.66. The SMILES string of the molecule is COc1ccc(C(=O)N2CCCC2)cc1NCc1cnc2ccccc2c1. The van der Waals surface area contributed by atoms with Crippen LogP contribution in [0.5, 0.6) is 5.75 Å². The zero-order valence-electron chi connectivity index (χ0n) is 15.4. The van der Waals surface area contributed by atoms with Crippen molar-refractivity contribution >= 4 is 22.5 Å². The Balaban J connectivity index is 1.54. The van der Waals surface area contributed by atoms with Gasteiger partial charge in [0.1, 0.15) is 5.75 Å². The first-order valence-electron chi connectivity index (χ1n) is 9.29. The van der Waals surface area contributed by atoms with E-state index in [1.165, 1.54) is 0 Å². The topological polar surface area (TPSA) is 54.5 Å². The Bertz CT molecular complexity index is 965. The lowest BCUT2D eigenvalue weighted by Gasteiger charge is -2.17. The number of nitrogens with one attached hydrogen (secondary N) is 1. The van der Waals surface area contributed by atoms with Crippen LogP contribution >= 0.6 is 0 Å². The van der Waals surface area contributed by atoms with Crippen molar-refractivity contribution in [3.05, 3.63) is 65.9 Å². The number of carbonyl (C=O) groups excluding carboxylic acids is 1. The van der Waals surface area contributed by atoms with Gasteiger partial charge in [-0.1, -0.05) is 18.2 Å². The summed E-state index contributed by atoms with van der Waals surface area (Å²) in [6.07, 6.45) is 4.05. The number of amides is 1. The first kappa shape index (κ1) is 17.3. The number of ether oxygens (including phenoxy) is 1. The molecule has 1 saturated heterocycles. The summed E-state index contributed by atoms with van der Waals surface area (Å²) in [5, 5.41) is 4.51. The number of benzene rings is 2. The predicted octanol–water partition coefficient (Wildman–Crippen LogP) is 4.09. The van der Waals surface area contributed by atoms with Crippen molar-refractivity contribution in [3.8, 4) is 5.75 Å². The number of aromatic nitrogens is 1. The molecule has 2 aromatic carbocycles. The number of carbonyl (C=O) groups is 1. The summed E-state index contributed by atoms with van der Waals surface area (Å²) >= 11 is 0. The molecule has 1 amide bonds. The molecule has 0 unspecified atom stereocenters. The van der Waals surface area contributed by atoms with Crippen LogP contribution in [-0.2, 0) is 6.54 Å². The lowest BCUT2D eigenvalue weighted by molar-refractivity contribution is 0.0793. The number of hydrogen-bond acceptors (Lipinski definition) is 4. The minimum absolute atomic E-state index is 0.0885. The fourth-order valence-electron chi connectivity index (χ4n) is 3.49. The molecule has 3 aromatic rings. The molecule has 1 aliphatic rings. The van der Waals surface area contributed by atoms with E-state index < -0.39 is 0 Å². The van der Waals surface area contributed by atoms with Gasteiger partial charge in [0.2, 0.25) is 0 Å². The molecule has 1 fully saturated rings. The smallest absolute Gasteiger partial charge is 0.253 e. The summed E-state index contributed by atoms with van der Waals surface area (Å²) in [5.41, 5.74) is 3.57. The maximum absolute atomic E-state index is 12.7. The Morgan fingerprint density at radius 3 is 2.78 bits per heavy atom. The lowest BCUT2D eigenvalue weighted by Crippen LogP contribution is -2.27. The van der Waals surface area contributed by atoms with E-state index in [4.69, 9.17) is 4.74 Å². The molecule has 0 radical (unpaired) electrons. The average molecular weight is 361 g/mol. The van der Waals surface area contributed by atoms with Gasteiger partial charge >= 0.3 is 0 Å². The van der Waals surface area contributed by atoms with E-state index in [-0.39, 0.29) is 5.91 Å². The number of methoxy groups -OCH3 is 1. The second-order valence-electron chi connectivity index (χ2n) is 6.80. The zero-order chi connectivity index (χ0) is 18.6. The van der Waals surface area contributed by atoms with Crippen LogP contribution in [-0.4, -0.2) is 36.0 Å². The standard InChI is InChI=1S/C22H23N3O2/c1-27-21-9-8-18(22(26)25-10-4-5-11-25)13-20(21)24-15-16-12-17-6-2-3-7-19(17)23-14-16/h2-3,6-9,12-14,24H,4-5,10-11,15H2,1H3. The summed E-state index contributed by atoms with van der Waals surface area (Å²) in [5.74, 6) is 0.812. The van der Waals surface area contributed by atoms with Gasteiger partial charge in [-0.15, -0.1) is 0 Å². The Kier molecular flexibility index (Phi) is 4.92. The zero-order valence-corrected chi connectivity index (χ0v) is 15.4. The fraction of sp³-hybridized carbons (Fsp3) is 0.273. The highest BCUT2D eigenvalue weighted by atomic mass is 16.5. The van der Waals surface area contributed by atoms with Crippen LogP contribution in [0.4, 0.5) is 5.69 Å². The third-order valence-electron chi connectivity index (χ3n) is 4.97. The summed E-state index contributed by atoms with van der Waals surface area (Å²) in [6, 6.07) is 15.8. The molecule has 0 aliphatic carbocycles. The van der Waals surface area contributed by atoms with E-state index in [1.54, 1.807) is 7.11 Å². The normalized spacial score (nSPS) is 13.7. The molecule has 0 atom stereocenters. The van der Waals surface area contributed by atoms with Crippen LogP contribution in [0.3, 0.4) is 0 Å². The van der Waals surface area contributed by atoms with Crippen LogP contribution in [0.2, 0.25) is 0 Å². The van der Waals surface area contributed by atoms with E-state index in [0.29, 0.717) is 12.1 Å². The minimum Gasteiger partial charge on any atom is -0.495 e. The monoisotopic (exact) mass is 361 g/mol. The molecule has 1 N–H and O–H groups in total. The predicted molar refractivity (Wildman–Crippen MR) is 107 cm³/mol. The van der Waals surface area contributed by atoms with E-state index in [0.717, 1.165) is 53.8 Å². The average Bonchev–Trinajstić information content (AvgIpc) is 3.26. The molecule has 27 heavy (non-hydrogen) atoms. The highest BCUT2D eigenvalue weighted by Gasteiger charge is 2.20. The molecule has 4 rings (SSSR count). The highest BCUT2D eigenvalue weighted by molar-refractivity contribution is 5.95. The number of para-hydroxylation sites is 1. The molecular weight excluding hydrogens is 338 g/mol. The number of anilines is 1. The summed E-state index contributed by atoms with van der Waals surface area (Å²) in [7, 11) is 1.64. The van der Waals surface area contributed by atoms with E-state index in [1.807, 2.05) is 47.5 Å². The first-order chi connectivity index (χ1) is 13.2. The summed E-state index contributed by atoms with van der Waals surface area (Å²) in [4.78, 5) is 19.1. The minimum atomic E-state index is 0.0885. The van der Waals surface area contributed by atoms with Crippen LogP contribution < -0.4 is 10.1 Å².